The highest BCUT2D eigenvalue weighted by Crippen LogP contribution is 2.37. The summed E-state index contributed by atoms with van der Waals surface area (Å²) in [4.78, 5) is 23.0. The van der Waals surface area contributed by atoms with Gasteiger partial charge in [0.1, 0.15) is 0 Å². The molecule has 0 rings (SSSR count). The summed E-state index contributed by atoms with van der Waals surface area (Å²) in [7, 11) is -14.0. The molecule has 0 bridgehead atoms. The smallest absolute Gasteiger partial charge is 0.455 e. The van der Waals surface area contributed by atoms with Crippen molar-refractivity contribution in [2.75, 3.05) is 13.2 Å². The average Bonchev–Trinajstić information content (AvgIpc) is 2.74. The van der Waals surface area contributed by atoms with Crippen LogP contribution in [0.5, 0.6) is 0 Å². The van der Waals surface area contributed by atoms with Crippen LogP contribution in [-0.2, 0) is 35.4 Å². The molecule has 0 fully saturated rings. The Morgan fingerprint density at radius 3 is 1.28 bits per heavy atom. The number of carbonyl (C=O) groups is 2. The van der Waals surface area contributed by atoms with Crippen LogP contribution in [0.25, 0.3) is 0 Å². The van der Waals surface area contributed by atoms with Crippen molar-refractivity contribution in [2.45, 2.75) is 122 Å². The van der Waals surface area contributed by atoms with Crippen molar-refractivity contribution in [3.8, 4) is 0 Å². The van der Waals surface area contributed by atoms with Gasteiger partial charge in [0.25, 0.3) is 0 Å². The SMILES string of the molecule is C=COC(=O)OCCCC[Si](C)(C)O[Si](C)(CCCCOC(=O)OC=C)C[Si](O[Si](C)(C)C)(O[Si](C)(C)C)O[Si](C)(C)C. The summed E-state index contributed by atoms with van der Waals surface area (Å²) in [5.41, 5.74) is 0.686. The van der Waals surface area contributed by atoms with E-state index in [0.29, 0.717) is 12.1 Å². The molecule has 0 aliphatic carbocycles. The van der Waals surface area contributed by atoms with Gasteiger partial charge in [0, 0.05) is 5.67 Å². The van der Waals surface area contributed by atoms with Crippen LogP contribution in [0.3, 0.4) is 0 Å². The molecule has 0 aromatic rings. The van der Waals surface area contributed by atoms with Crippen LogP contribution >= 0.6 is 0 Å². The first kappa shape index (κ1) is 42.2. The van der Waals surface area contributed by atoms with Crippen molar-refractivity contribution in [1.82, 2.24) is 0 Å². The Morgan fingerprint density at radius 1 is 0.558 bits per heavy atom. The maximum atomic E-state index is 11.6. The lowest BCUT2D eigenvalue weighted by atomic mass is 10.4. The zero-order chi connectivity index (χ0) is 33.6. The Hall–Kier alpha value is -0.839. The molecule has 43 heavy (non-hydrogen) atoms. The van der Waals surface area contributed by atoms with Crippen LogP contribution in [-0.4, -0.2) is 75.9 Å². The molecule has 0 saturated carbocycles. The molecule has 0 radical (unpaired) electrons. The molecular weight excluding hydrogens is 653 g/mol. The topological polar surface area (TPSA) is 108 Å². The molecule has 0 heterocycles. The minimum atomic E-state index is -3.15. The van der Waals surface area contributed by atoms with Crippen molar-refractivity contribution in [2.24, 2.45) is 0 Å². The minimum absolute atomic E-state index is 0.261. The monoisotopic (exact) mass is 712 g/mol. The first-order valence-electron chi connectivity index (χ1n) is 15.1. The summed E-state index contributed by atoms with van der Waals surface area (Å²) in [6.07, 6.45) is 3.74. The molecule has 0 aromatic carbocycles. The number of hydrogen-bond acceptors (Lipinski definition) is 10. The highest BCUT2D eigenvalue weighted by Gasteiger charge is 2.55. The van der Waals surface area contributed by atoms with E-state index in [1.165, 1.54) is 0 Å². The Morgan fingerprint density at radius 2 is 0.930 bits per heavy atom. The molecule has 0 aromatic heterocycles. The lowest BCUT2D eigenvalue weighted by Crippen LogP contribution is -2.65. The third-order valence-electron chi connectivity index (χ3n) is 5.57. The summed E-state index contributed by atoms with van der Waals surface area (Å²) in [6.45, 7) is 33.8. The van der Waals surface area contributed by atoms with E-state index in [4.69, 9.17) is 25.9 Å². The van der Waals surface area contributed by atoms with Crippen LogP contribution < -0.4 is 0 Å². The lowest BCUT2D eigenvalue weighted by Gasteiger charge is -2.47. The molecule has 1 unspecified atom stereocenters. The van der Waals surface area contributed by atoms with Gasteiger partial charge in [-0.2, -0.15) is 0 Å². The zero-order valence-corrected chi connectivity index (χ0v) is 35.0. The first-order chi connectivity index (χ1) is 19.4. The van der Waals surface area contributed by atoms with Crippen molar-refractivity contribution < 1.29 is 45.0 Å². The molecule has 0 N–H and O–H groups in total. The lowest BCUT2D eigenvalue weighted by molar-refractivity contribution is 0.0828. The number of hydrogen-bond donors (Lipinski definition) is 0. The van der Waals surface area contributed by atoms with E-state index >= 15 is 0 Å². The van der Waals surface area contributed by atoms with Crippen molar-refractivity contribution in [1.29, 1.82) is 0 Å². The third-order valence-corrected chi connectivity index (χ3v) is 28.5. The number of carbonyl (C=O) groups excluding carboxylic acids is 2. The number of rotatable bonds is 22. The second-order valence-electron chi connectivity index (χ2n) is 14.5. The minimum Gasteiger partial charge on any atom is -0.455 e. The summed E-state index contributed by atoms with van der Waals surface area (Å²) >= 11 is 0. The largest absolute Gasteiger partial charge is 0.513 e. The van der Waals surface area contributed by atoms with Gasteiger partial charge in [-0.3, -0.25) is 0 Å². The van der Waals surface area contributed by atoms with Crippen molar-refractivity contribution in [3.63, 3.8) is 0 Å². The molecule has 0 spiro atoms. The van der Waals surface area contributed by atoms with Crippen LogP contribution in [0, 0.1) is 0 Å². The highest BCUT2D eigenvalue weighted by atomic mass is 28.5. The quantitative estimate of drug-likeness (QED) is 0.0467. The fraction of sp³-hybridized carbons (Fsp3) is 0.778. The molecule has 0 aliphatic heterocycles. The van der Waals surface area contributed by atoms with E-state index < -0.39 is 62.7 Å². The Kier molecular flexibility index (Phi) is 18.0. The molecule has 1 atom stereocenters. The maximum absolute atomic E-state index is 11.6. The Bertz CT molecular complexity index is 842. The van der Waals surface area contributed by atoms with Gasteiger partial charge in [-0.1, -0.05) is 26.0 Å². The summed E-state index contributed by atoms with van der Waals surface area (Å²) in [5.74, 6) is 0. The third kappa shape index (κ3) is 22.3. The highest BCUT2D eigenvalue weighted by molar-refractivity contribution is 6.98. The predicted molar refractivity (Wildman–Crippen MR) is 187 cm³/mol. The van der Waals surface area contributed by atoms with Crippen LogP contribution in [0.2, 0.25) is 96.3 Å². The Labute approximate surface area is 267 Å². The van der Waals surface area contributed by atoms with E-state index in [1.807, 2.05) is 0 Å². The first-order valence-corrected chi connectivity index (χ1v) is 33.2. The molecule has 0 aliphatic rings. The van der Waals surface area contributed by atoms with Gasteiger partial charge >= 0.3 is 21.1 Å². The molecule has 0 amide bonds. The van der Waals surface area contributed by atoms with Crippen molar-refractivity contribution >= 4 is 62.7 Å². The summed E-state index contributed by atoms with van der Waals surface area (Å²) in [5, 5.41) is 0. The molecular formula is C27H60O10Si6. The standard InChI is InChI=1S/C27H60O10Si6/c1-15-30-26(28)32-21-17-19-23-41(12,13)37-42(14,24-20-18-22-33-27(29)31-16-2)25-43(34-38(3,4)5,35-39(6,7)8)36-40(9,10)11/h15-16H,1-2,17-25H2,3-14H3. The normalized spacial score (nSPS) is 14.4. The van der Waals surface area contributed by atoms with E-state index in [-0.39, 0.29) is 13.2 Å². The van der Waals surface area contributed by atoms with Gasteiger partial charge in [0.15, 0.2) is 41.6 Å². The van der Waals surface area contributed by atoms with E-state index in [0.717, 1.165) is 43.9 Å². The van der Waals surface area contributed by atoms with E-state index in [1.54, 1.807) is 0 Å². The van der Waals surface area contributed by atoms with Gasteiger partial charge in [-0.15, -0.1) is 0 Å². The van der Waals surface area contributed by atoms with E-state index in [9.17, 15) is 9.59 Å². The van der Waals surface area contributed by atoms with Gasteiger partial charge in [-0.05, 0) is 103 Å². The van der Waals surface area contributed by atoms with Gasteiger partial charge in [-0.25, -0.2) is 9.59 Å². The second kappa shape index (κ2) is 18.3. The fourth-order valence-electron chi connectivity index (χ4n) is 4.69. The summed E-state index contributed by atoms with van der Waals surface area (Å²) < 4.78 is 47.9. The molecule has 16 heteroatoms. The Balaban J connectivity index is 6.08. The fourth-order valence-corrected chi connectivity index (χ4v) is 33.9. The number of unbranched alkanes of at least 4 members (excludes halogenated alkanes) is 2. The molecule has 10 nitrogen and oxygen atoms in total. The average molecular weight is 713 g/mol. The van der Waals surface area contributed by atoms with Crippen LogP contribution in [0.15, 0.2) is 25.7 Å². The van der Waals surface area contributed by atoms with E-state index in [2.05, 4.69) is 101 Å². The molecule has 252 valence electrons. The van der Waals surface area contributed by atoms with Gasteiger partial charge in [0.05, 0.1) is 25.7 Å². The van der Waals surface area contributed by atoms with Crippen molar-refractivity contribution in [3.05, 3.63) is 25.7 Å². The summed E-state index contributed by atoms with van der Waals surface area (Å²) in [6, 6.07) is 1.77. The number of ether oxygens (including phenoxy) is 4. The van der Waals surface area contributed by atoms with Crippen LogP contribution in [0.4, 0.5) is 9.59 Å². The second-order valence-corrected chi connectivity index (χ2v) is 40.6. The molecule has 0 saturated heterocycles. The van der Waals surface area contributed by atoms with Gasteiger partial charge in [0.2, 0.25) is 0 Å². The zero-order valence-electron chi connectivity index (χ0n) is 29.0. The predicted octanol–water partition coefficient (Wildman–Crippen LogP) is 8.97. The maximum Gasteiger partial charge on any atom is 0.513 e. The van der Waals surface area contributed by atoms with Crippen LogP contribution in [0.1, 0.15) is 25.7 Å². The van der Waals surface area contributed by atoms with Gasteiger partial charge < -0.3 is 35.4 Å².